The molecule has 1 heterocycles. The molecule has 2 unspecified atom stereocenters. The van der Waals surface area contributed by atoms with E-state index < -0.39 is 0 Å². The highest BCUT2D eigenvalue weighted by molar-refractivity contribution is 7.12. The second-order valence-electron chi connectivity index (χ2n) is 5.27. The van der Waals surface area contributed by atoms with Crippen molar-refractivity contribution in [2.24, 2.45) is 5.73 Å². The van der Waals surface area contributed by atoms with E-state index in [1.807, 2.05) is 37.4 Å². The molecule has 3 nitrogen and oxygen atoms in total. The van der Waals surface area contributed by atoms with Crippen LogP contribution in [0.15, 0.2) is 42.5 Å². The Labute approximate surface area is 130 Å². The van der Waals surface area contributed by atoms with Crippen molar-refractivity contribution >= 4 is 17.2 Å². The summed E-state index contributed by atoms with van der Waals surface area (Å²) in [6.45, 7) is 4.46. The summed E-state index contributed by atoms with van der Waals surface area (Å²) in [5.74, 6) is -0.207. The fourth-order valence-corrected chi connectivity index (χ4v) is 3.34. The van der Waals surface area contributed by atoms with Crippen molar-refractivity contribution in [2.75, 3.05) is 13.6 Å². The third-order valence-electron chi connectivity index (χ3n) is 3.84. The number of amides is 1. The maximum Gasteiger partial charge on any atom is 0.231 e. The molecule has 1 amide bonds. The van der Waals surface area contributed by atoms with Crippen molar-refractivity contribution in [2.45, 2.75) is 25.8 Å². The molecule has 1 aromatic carbocycles. The van der Waals surface area contributed by atoms with Crippen molar-refractivity contribution in [3.63, 3.8) is 0 Å². The number of nitrogens with zero attached hydrogens (tertiary/aromatic N) is 1. The predicted molar refractivity (Wildman–Crippen MR) is 88.5 cm³/mol. The molecule has 0 spiro atoms. The lowest BCUT2D eigenvalue weighted by Crippen LogP contribution is -2.36. The van der Waals surface area contributed by atoms with E-state index in [1.165, 1.54) is 9.75 Å². The van der Waals surface area contributed by atoms with Gasteiger partial charge in [-0.15, -0.1) is 11.3 Å². The van der Waals surface area contributed by atoms with E-state index >= 15 is 0 Å². The summed E-state index contributed by atoms with van der Waals surface area (Å²) in [4.78, 5) is 17.0. The molecule has 1 aromatic heterocycles. The van der Waals surface area contributed by atoms with Gasteiger partial charge in [-0.25, -0.2) is 0 Å². The molecule has 4 heteroatoms. The van der Waals surface area contributed by atoms with Gasteiger partial charge in [0.2, 0.25) is 5.91 Å². The molecule has 0 aliphatic heterocycles. The summed E-state index contributed by atoms with van der Waals surface area (Å²) in [7, 11) is 1.85. The minimum absolute atomic E-state index is 0.0639. The molecule has 0 saturated heterocycles. The summed E-state index contributed by atoms with van der Waals surface area (Å²) in [6.07, 6.45) is 0. The van der Waals surface area contributed by atoms with Crippen LogP contribution in [0.5, 0.6) is 0 Å². The molecular weight excluding hydrogens is 280 g/mol. The Morgan fingerprint density at radius 2 is 1.90 bits per heavy atom. The van der Waals surface area contributed by atoms with Gasteiger partial charge in [-0.3, -0.25) is 4.79 Å². The van der Waals surface area contributed by atoms with E-state index in [0.29, 0.717) is 6.54 Å². The quantitative estimate of drug-likeness (QED) is 0.921. The molecule has 112 valence electrons. The number of aryl methyl sites for hydroxylation is 1. The first kappa shape index (κ1) is 15.7. The zero-order chi connectivity index (χ0) is 15.4. The zero-order valence-electron chi connectivity index (χ0n) is 12.7. The molecule has 0 saturated carbocycles. The Morgan fingerprint density at radius 3 is 2.43 bits per heavy atom. The fourth-order valence-electron chi connectivity index (χ4n) is 2.37. The lowest BCUT2D eigenvalue weighted by Gasteiger charge is -2.28. The summed E-state index contributed by atoms with van der Waals surface area (Å²) in [5, 5.41) is 0. The number of hydrogen-bond donors (Lipinski definition) is 1. The van der Waals surface area contributed by atoms with Gasteiger partial charge in [0, 0.05) is 23.3 Å². The summed E-state index contributed by atoms with van der Waals surface area (Å²) in [6, 6.07) is 14.0. The van der Waals surface area contributed by atoms with Gasteiger partial charge in [0.1, 0.15) is 0 Å². The van der Waals surface area contributed by atoms with Crippen molar-refractivity contribution in [1.82, 2.24) is 4.90 Å². The molecule has 0 aliphatic carbocycles. The lowest BCUT2D eigenvalue weighted by molar-refractivity contribution is -0.133. The van der Waals surface area contributed by atoms with E-state index in [1.54, 1.807) is 16.2 Å². The Morgan fingerprint density at radius 1 is 1.24 bits per heavy atom. The van der Waals surface area contributed by atoms with Crippen LogP contribution in [0.4, 0.5) is 0 Å². The molecule has 0 aliphatic rings. The standard InChI is InChI=1S/C17H22N2OS/c1-12-9-10-16(21-12)13(2)19(3)17(20)15(11-18)14-7-5-4-6-8-14/h4-10,13,15H,11,18H2,1-3H3. The third kappa shape index (κ3) is 3.52. The van der Waals surface area contributed by atoms with Crippen molar-refractivity contribution < 1.29 is 4.79 Å². The van der Waals surface area contributed by atoms with E-state index in [0.717, 1.165) is 5.56 Å². The van der Waals surface area contributed by atoms with Crippen LogP contribution in [0.2, 0.25) is 0 Å². The van der Waals surface area contributed by atoms with Crippen LogP contribution < -0.4 is 5.73 Å². The average molecular weight is 302 g/mol. The predicted octanol–water partition coefficient (Wildman–Crippen LogP) is 3.32. The van der Waals surface area contributed by atoms with E-state index in [2.05, 4.69) is 26.0 Å². The number of likely N-dealkylation sites (N-methyl/N-ethyl adjacent to an activating group) is 1. The van der Waals surface area contributed by atoms with Crippen molar-refractivity contribution in [1.29, 1.82) is 0 Å². The lowest BCUT2D eigenvalue weighted by atomic mass is 9.97. The highest BCUT2D eigenvalue weighted by Gasteiger charge is 2.26. The first-order chi connectivity index (χ1) is 10.0. The van der Waals surface area contributed by atoms with Gasteiger partial charge in [0.05, 0.1) is 12.0 Å². The largest absolute Gasteiger partial charge is 0.338 e. The van der Waals surface area contributed by atoms with Crippen molar-refractivity contribution in [3.8, 4) is 0 Å². The Hall–Kier alpha value is -1.65. The average Bonchev–Trinajstić information content (AvgIpc) is 2.94. The zero-order valence-corrected chi connectivity index (χ0v) is 13.6. The number of rotatable bonds is 5. The Bertz CT molecular complexity index is 594. The number of hydrogen-bond acceptors (Lipinski definition) is 3. The van der Waals surface area contributed by atoms with Crippen LogP contribution in [0.25, 0.3) is 0 Å². The smallest absolute Gasteiger partial charge is 0.231 e. The molecule has 2 aromatic rings. The van der Waals surface area contributed by atoms with Crippen LogP contribution in [0.1, 0.15) is 34.2 Å². The minimum atomic E-state index is -0.278. The van der Waals surface area contributed by atoms with Gasteiger partial charge in [-0.05, 0) is 31.5 Å². The number of nitrogens with two attached hydrogens (primary N) is 1. The highest BCUT2D eigenvalue weighted by atomic mass is 32.1. The molecule has 0 fully saturated rings. The molecule has 2 rings (SSSR count). The summed E-state index contributed by atoms with van der Waals surface area (Å²) < 4.78 is 0. The van der Waals surface area contributed by atoms with Crippen LogP contribution in [0, 0.1) is 6.92 Å². The van der Waals surface area contributed by atoms with Crippen molar-refractivity contribution in [3.05, 3.63) is 57.8 Å². The van der Waals surface area contributed by atoms with E-state index in [-0.39, 0.29) is 17.9 Å². The first-order valence-corrected chi connectivity index (χ1v) is 7.94. The van der Waals surface area contributed by atoms with Gasteiger partial charge < -0.3 is 10.6 Å². The topological polar surface area (TPSA) is 46.3 Å². The molecule has 21 heavy (non-hydrogen) atoms. The summed E-state index contributed by atoms with van der Waals surface area (Å²) in [5.41, 5.74) is 6.82. The van der Waals surface area contributed by atoms with Crippen LogP contribution in [-0.4, -0.2) is 24.4 Å². The molecule has 0 bridgehead atoms. The van der Waals surface area contributed by atoms with Crippen LogP contribution in [0.3, 0.4) is 0 Å². The van der Waals surface area contributed by atoms with Gasteiger partial charge >= 0.3 is 0 Å². The summed E-state index contributed by atoms with van der Waals surface area (Å²) >= 11 is 1.73. The number of benzene rings is 1. The van der Waals surface area contributed by atoms with E-state index in [9.17, 15) is 4.79 Å². The molecule has 0 radical (unpaired) electrons. The number of carbonyl (C=O) groups excluding carboxylic acids is 1. The normalized spacial score (nSPS) is 13.7. The molecule has 2 atom stereocenters. The van der Waals surface area contributed by atoms with E-state index in [4.69, 9.17) is 5.73 Å². The first-order valence-electron chi connectivity index (χ1n) is 7.12. The van der Waals surface area contributed by atoms with Gasteiger partial charge in [-0.2, -0.15) is 0 Å². The number of carbonyl (C=O) groups is 1. The second kappa shape index (κ2) is 6.87. The third-order valence-corrected chi connectivity index (χ3v) is 5.01. The maximum atomic E-state index is 12.7. The Balaban J connectivity index is 2.17. The second-order valence-corrected chi connectivity index (χ2v) is 6.59. The minimum Gasteiger partial charge on any atom is -0.338 e. The maximum absolute atomic E-state index is 12.7. The monoisotopic (exact) mass is 302 g/mol. The van der Waals surface area contributed by atoms with Crippen LogP contribution in [-0.2, 0) is 4.79 Å². The highest BCUT2D eigenvalue weighted by Crippen LogP contribution is 2.28. The van der Waals surface area contributed by atoms with Gasteiger partial charge in [0.25, 0.3) is 0 Å². The van der Waals surface area contributed by atoms with Gasteiger partial charge in [0.15, 0.2) is 0 Å². The van der Waals surface area contributed by atoms with Gasteiger partial charge in [-0.1, -0.05) is 30.3 Å². The van der Waals surface area contributed by atoms with Crippen LogP contribution >= 0.6 is 11.3 Å². The number of thiophene rings is 1. The molecular formula is C17H22N2OS. The SMILES string of the molecule is Cc1ccc(C(C)N(C)C(=O)C(CN)c2ccccc2)s1. The molecule has 2 N–H and O–H groups in total. The fraction of sp³-hybridized carbons (Fsp3) is 0.353. The Kier molecular flexibility index (Phi) is 5.15.